The van der Waals surface area contributed by atoms with Gasteiger partial charge in [0.2, 0.25) is 0 Å². The van der Waals surface area contributed by atoms with Crippen molar-refractivity contribution in [2.75, 3.05) is 29.4 Å². The molecule has 23 rings (SSSR count). The Hall–Kier alpha value is -12.9. The van der Waals surface area contributed by atoms with E-state index >= 15 is 0 Å². The summed E-state index contributed by atoms with van der Waals surface area (Å²) in [5.41, 5.74) is 36.2. The molecule has 0 aliphatic carbocycles. The molecule has 6 aliphatic rings. The lowest BCUT2D eigenvalue weighted by Gasteiger charge is -2.44. The molecule has 0 saturated heterocycles. The highest BCUT2D eigenvalue weighted by Crippen LogP contribution is 2.53. The molecule has 100 heavy (non-hydrogen) atoms. The predicted molar refractivity (Wildman–Crippen MR) is 423 cm³/mol. The van der Waals surface area contributed by atoms with Crippen LogP contribution in [0.3, 0.4) is 0 Å². The van der Waals surface area contributed by atoms with Crippen molar-refractivity contribution in [3.63, 3.8) is 0 Å². The topological polar surface area (TPSA) is 23.9 Å². The Kier molecular flexibility index (Phi) is 11.0. The molecule has 17 aromatic rings. The Bertz CT molecular complexity index is 6290. The van der Waals surface area contributed by atoms with Gasteiger partial charge in [-0.15, -0.1) is 0 Å². The minimum Gasteiger partial charge on any atom is -0.311 e. The van der Waals surface area contributed by atoms with E-state index in [0.29, 0.717) is 0 Å². The maximum atomic E-state index is 2.73. The van der Waals surface area contributed by atoms with Crippen molar-refractivity contribution < 1.29 is 0 Å². The molecular weight excluding hydrogens is 1210 g/mol. The number of fused-ring (bicyclic) bond motifs is 19. The van der Waals surface area contributed by atoms with Crippen molar-refractivity contribution in [2.45, 2.75) is 0 Å². The molecule has 15 aromatic carbocycles. The molecule has 0 saturated carbocycles. The van der Waals surface area contributed by atoms with Gasteiger partial charge in [-0.05, 0) is 207 Å². The zero-order valence-electron chi connectivity index (χ0n) is 54.2. The third kappa shape index (κ3) is 7.15. The number of hydrogen-bond acceptors (Lipinski definition) is 6. The largest absolute Gasteiger partial charge is 0.311 e. The van der Waals surface area contributed by atoms with E-state index in [1.54, 1.807) is 0 Å². The van der Waals surface area contributed by atoms with E-state index in [-0.39, 0.29) is 20.1 Å². The van der Waals surface area contributed by atoms with Crippen LogP contribution < -0.4 is 78.6 Å². The van der Waals surface area contributed by atoms with Gasteiger partial charge in [0.25, 0.3) is 20.1 Å². The lowest BCUT2D eigenvalue weighted by atomic mass is 9.32. The fourth-order valence-corrected chi connectivity index (χ4v) is 18.9. The Morgan fingerprint density at radius 3 is 0.820 bits per heavy atom. The fourth-order valence-electron chi connectivity index (χ4n) is 18.9. The van der Waals surface area contributed by atoms with Gasteiger partial charge in [0.15, 0.2) is 0 Å². The summed E-state index contributed by atoms with van der Waals surface area (Å²) in [6, 6.07) is 128. The van der Waals surface area contributed by atoms with Crippen LogP contribution in [-0.4, -0.2) is 24.5 Å². The summed E-state index contributed by atoms with van der Waals surface area (Å²) in [6.07, 6.45) is 0. The average molecular weight is 1270 g/mol. The Labute approximate surface area is 579 Å². The quantitative estimate of drug-likeness (QED) is 0.154. The first kappa shape index (κ1) is 54.2. The van der Waals surface area contributed by atoms with E-state index in [4.69, 9.17) is 0 Å². The molecule has 0 spiro atoms. The van der Waals surface area contributed by atoms with Gasteiger partial charge in [-0.2, -0.15) is 0 Å². The number of para-hydroxylation sites is 9. The van der Waals surface area contributed by atoms with Gasteiger partial charge in [-0.1, -0.05) is 182 Å². The molecule has 0 atom stereocenters. The third-order valence-corrected chi connectivity index (χ3v) is 22.6. The van der Waals surface area contributed by atoms with Gasteiger partial charge < -0.3 is 33.8 Å². The number of hydrogen-bond donors (Lipinski definition) is 0. The van der Waals surface area contributed by atoms with Crippen LogP contribution >= 0.6 is 0 Å². The van der Waals surface area contributed by atoms with Crippen LogP contribution in [0.2, 0.25) is 0 Å². The molecule has 2 aromatic heterocycles. The van der Waals surface area contributed by atoms with Crippen LogP contribution in [0, 0.1) is 0 Å². The summed E-state index contributed by atoms with van der Waals surface area (Å²) in [6.45, 7) is -0.366. The van der Waals surface area contributed by atoms with Gasteiger partial charge in [0, 0.05) is 124 Å². The summed E-state index contributed by atoms with van der Waals surface area (Å²) < 4.78 is 2.73. The van der Waals surface area contributed by atoms with Gasteiger partial charge in [0.1, 0.15) is 0 Å². The second kappa shape index (κ2) is 20.3. The van der Waals surface area contributed by atoms with E-state index < -0.39 is 0 Å². The summed E-state index contributed by atoms with van der Waals surface area (Å²) >= 11 is 0. The Balaban J connectivity index is 0.894. The second-order valence-electron chi connectivity index (χ2n) is 27.4. The lowest BCUT2D eigenvalue weighted by Crippen LogP contribution is -2.61. The molecule has 0 fully saturated rings. The lowest BCUT2D eigenvalue weighted by molar-refractivity contribution is 1.25. The monoisotopic (exact) mass is 1270 g/mol. The van der Waals surface area contributed by atoms with Crippen LogP contribution in [-0.2, 0) is 0 Å². The Morgan fingerprint density at radius 1 is 0.180 bits per heavy atom. The van der Waals surface area contributed by atoms with Crippen molar-refractivity contribution in [2.24, 2.45) is 0 Å². The van der Waals surface area contributed by atoms with Crippen molar-refractivity contribution in [1.29, 1.82) is 0 Å². The summed E-state index contributed by atoms with van der Waals surface area (Å²) in [5.74, 6) is 0. The first-order valence-corrected chi connectivity index (χ1v) is 34.9. The van der Waals surface area contributed by atoms with E-state index in [9.17, 15) is 0 Å². The first-order chi connectivity index (χ1) is 49.7. The van der Waals surface area contributed by atoms with Gasteiger partial charge in [0.05, 0.1) is 16.6 Å². The number of anilines is 18. The maximum Gasteiger partial charge on any atom is 0.253 e. The molecule has 0 N–H and O–H groups in total. The maximum absolute atomic E-state index is 2.73. The number of nitrogens with zero attached hydrogens (tertiary/aromatic N) is 7. The number of benzene rings is 15. The fraction of sp³-hybridized carbons (Fsp3) is 0. The standard InChI is InChI=1S/C90H56B3N7/c1-7-28-57(29-8-1)94-71-43-22-19-40-66(71)91-69-55-80-63(52-82(69)97(60-34-13-4-14-35-60)76-48-25-46-74(94)86(76)91)64-53-84-89(93-68-42-21-24-45-73(68)96(59-32-11-3-12-33-59)78-50-27-51-79(88(78)93)99(84)62-38-17-6-18-39-62)85-65-54-83-70(56-81(65)100(80)90(64)85)92-67-41-20-23-44-72(67)95(58-30-9-2-10-31-58)75-47-26-49-77(87(75)92)98(83)61-36-15-5-16-37-61/h1-56H. The van der Waals surface area contributed by atoms with Crippen LogP contribution in [0.15, 0.2) is 340 Å². The van der Waals surface area contributed by atoms with Crippen LogP contribution in [0.5, 0.6) is 0 Å². The molecule has 10 heteroatoms. The van der Waals surface area contributed by atoms with Crippen molar-refractivity contribution in [3.05, 3.63) is 340 Å². The highest BCUT2D eigenvalue weighted by molar-refractivity contribution is 7.03. The predicted octanol–water partition coefficient (Wildman–Crippen LogP) is 17.1. The molecule has 8 heterocycles. The van der Waals surface area contributed by atoms with Crippen molar-refractivity contribution in [3.8, 4) is 0 Å². The summed E-state index contributed by atoms with van der Waals surface area (Å²) in [4.78, 5) is 15.3. The third-order valence-electron chi connectivity index (χ3n) is 22.6. The molecule has 0 unspecified atom stereocenters. The van der Waals surface area contributed by atoms with Crippen molar-refractivity contribution >= 4 is 210 Å². The number of rotatable bonds is 6. The normalized spacial score (nSPS) is 14.0. The zero-order chi connectivity index (χ0) is 65.0. The smallest absolute Gasteiger partial charge is 0.253 e. The SMILES string of the molecule is c1ccc(N2c3ccccc3B3c4cc5c(cc4N(c4ccccc4)c4cccc2c43)c2cc3c(c4c6cc7c(cc6n5c24)B2c4ccccc4N(c4ccccc4)c4cccc(c42)N7c2ccccc2)B2c4ccccc4N(c4ccccc4)c4cccc(c42)N3c2ccccc2)cc1. The average Bonchev–Trinajstić information content (AvgIpc) is 1.44. The van der Waals surface area contributed by atoms with E-state index in [1.807, 2.05) is 0 Å². The molecule has 460 valence electrons. The molecule has 7 nitrogen and oxygen atoms in total. The second-order valence-corrected chi connectivity index (χ2v) is 27.4. The summed E-state index contributed by atoms with van der Waals surface area (Å²) in [7, 11) is 0. The highest BCUT2D eigenvalue weighted by Gasteiger charge is 2.49. The molecule has 0 radical (unpaired) electrons. The molecule has 0 amide bonds. The van der Waals surface area contributed by atoms with E-state index in [2.05, 4.69) is 374 Å². The highest BCUT2D eigenvalue weighted by atomic mass is 15.2. The van der Waals surface area contributed by atoms with Crippen LogP contribution in [0.4, 0.5) is 102 Å². The van der Waals surface area contributed by atoms with Gasteiger partial charge in [-0.3, -0.25) is 0 Å². The minimum absolute atomic E-state index is 0.0990. The zero-order valence-corrected chi connectivity index (χ0v) is 54.2. The van der Waals surface area contributed by atoms with Crippen LogP contribution in [0.1, 0.15) is 0 Å². The molecular formula is C90H56B3N7. The summed E-state index contributed by atoms with van der Waals surface area (Å²) in [5, 5.41) is 4.93. The van der Waals surface area contributed by atoms with Crippen molar-refractivity contribution in [1.82, 2.24) is 4.40 Å². The van der Waals surface area contributed by atoms with E-state index in [1.165, 1.54) is 156 Å². The van der Waals surface area contributed by atoms with Gasteiger partial charge in [-0.25, -0.2) is 0 Å². The number of aromatic nitrogens is 1. The molecule has 0 bridgehead atoms. The molecule has 6 aliphatic heterocycles. The van der Waals surface area contributed by atoms with E-state index in [0.717, 1.165) is 34.1 Å². The van der Waals surface area contributed by atoms with Gasteiger partial charge >= 0.3 is 0 Å². The minimum atomic E-state index is -0.158. The van der Waals surface area contributed by atoms with Crippen LogP contribution in [0.25, 0.3) is 38.1 Å². The Morgan fingerprint density at radius 2 is 0.450 bits per heavy atom. The first-order valence-electron chi connectivity index (χ1n) is 34.9.